The van der Waals surface area contributed by atoms with E-state index in [2.05, 4.69) is 10.1 Å². The number of carbonyl (C=O) groups is 3. The highest BCUT2D eigenvalue weighted by molar-refractivity contribution is 6.02. The summed E-state index contributed by atoms with van der Waals surface area (Å²) < 4.78 is 9.65. The number of para-hydroxylation sites is 1. The van der Waals surface area contributed by atoms with Crippen molar-refractivity contribution < 1.29 is 23.9 Å². The predicted octanol–water partition coefficient (Wildman–Crippen LogP) is 2.83. The van der Waals surface area contributed by atoms with Crippen LogP contribution in [0.25, 0.3) is 0 Å². The smallest absolute Gasteiger partial charge is 0.339 e. The van der Waals surface area contributed by atoms with Crippen molar-refractivity contribution in [3.8, 4) is 0 Å². The second kappa shape index (κ2) is 8.63. The second-order valence-corrected chi connectivity index (χ2v) is 5.21. The minimum absolute atomic E-state index is 0.222. The SMILES string of the molecule is CCc1ccc(C(=O)OCC(=O)Nc2ccccc2C(=O)OC)cc1. The van der Waals surface area contributed by atoms with Crippen LogP contribution in [0.1, 0.15) is 33.2 Å². The van der Waals surface area contributed by atoms with Crippen LogP contribution in [0.3, 0.4) is 0 Å². The Morgan fingerprint density at radius 3 is 2.28 bits per heavy atom. The van der Waals surface area contributed by atoms with Gasteiger partial charge in [0, 0.05) is 0 Å². The summed E-state index contributed by atoms with van der Waals surface area (Å²) in [5.41, 5.74) is 2.00. The molecule has 0 aliphatic carbocycles. The zero-order valence-electron chi connectivity index (χ0n) is 14.1. The van der Waals surface area contributed by atoms with E-state index < -0.39 is 24.5 Å². The van der Waals surface area contributed by atoms with Crippen molar-refractivity contribution in [2.45, 2.75) is 13.3 Å². The van der Waals surface area contributed by atoms with Crippen LogP contribution in [-0.2, 0) is 20.7 Å². The Morgan fingerprint density at radius 1 is 0.960 bits per heavy atom. The maximum atomic E-state index is 12.0. The first kappa shape index (κ1) is 18.2. The average molecular weight is 341 g/mol. The number of ether oxygens (including phenoxy) is 2. The molecule has 0 spiro atoms. The van der Waals surface area contributed by atoms with E-state index in [1.54, 1.807) is 30.3 Å². The van der Waals surface area contributed by atoms with E-state index in [1.165, 1.54) is 13.2 Å². The molecular weight excluding hydrogens is 322 g/mol. The third-order valence-corrected chi connectivity index (χ3v) is 3.54. The molecule has 1 N–H and O–H groups in total. The molecule has 6 heteroatoms. The Labute approximate surface area is 145 Å². The molecule has 0 saturated heterocycles. The normalized spacial score (nSPS) is 10.0. The third kappa shape index (κ3) is 4.91. The summed E-state index contributed by atoms with van der Waals surface area (Å²) in [5.74, 6) is -1.70. The first-order chi connectivity index (χ1) is 12.0. The number of hydrogen-bond acceptors (Lipinski definition) is 5. The van der Waals surface area contributed by atoms with Crippen molar-refractivity contribution in [1.29, 1.82) is 0 Å². The summed E-state index contributed by atoms with van der Waals surface area (Å²) in [5, 5.41) is 2.53. The summed E-state index contributed by atoms with van der Waals surface area (Å²) in [6.45, 7) is 1.56. The molecule has 130 valence electrons. The van der Waals surface area contributed by atoms with Crippen molar-refractivity contribution in [3.63, 3.8) is 0 Å². The van der Waals surface area contributed by atoms with E-state index in [0.717, 1.165) is 12.0 Å². The van der Waals surface area contributed by atoms with Crippen molar-refractivity contribution in [2.24, 2.45) is 0 Å². The van der Waals surface area contributed by atoms with Crippen molar-refractivity contribution >= 4 is 23.5 Å². The maximum Gasteiger partial charge on any atom is 0.339 e. The van der Waals surface area contributed by atoms with Gasteiger partial charge in [0.2, 0.25) is 0 Å². The fourth-order valence-corrected chi connectivity index (χ4v) is 2.16. The second-order valence-electron chi connectivity index (χ2n) is 5.21. The van der Waals surface area contributed by atoms with Gasteiger partial charge in [-0.15, -0.1) is 0 Å². The molecule has 2 aromatic rings. The van der Waals surface area contributed by atoms with Gasteiger partial charge in [0.15, 0.2) is 6.61 Å². The van der Waals surface area contributed by atoms with Gasteiger partial charge in [0.25, 0.3) is 5.91 Å². The first-order valence-electron chi connectivity index (χ1n) is 7.78. The van der Waals surface area contributed by atoms with Gasteiger partial charge in [-0.25, -0.2) is 9.59 Å². The minimum Gasteiger partial charge on any atom is -0.465 e. The van der Waals surface area contributed by atoms with Gasteiger partial charge in [-0.3, -0.25) is 4.79 Å². The van der Waals surface area contributed by atoms with Crippen LogP contribution < -0.4 is 5.32 Å². The molecule has 1 amide bonds. The number of nitrogens with one attached hydrogen (secondary N) is 1. The Morgan fingerprint density at radius 2 is 1.64 bits per heavy atom. The van der Waals surface area contributed by atoms with Gasteiger partial charge in [-0.2, -0.15) is 0 Å². The number of anilines is 1. The Hall–Kier alpha value is -3.15. The highest BCUT2D eigenvalue weighted by Crippen LogP contribution is 2.16. The zero-order valence-corrected chi connectivity index (χ0v) is 14.1. The predicted molar refractivity (Wildman–Crippen MR) is 92.5 cm³/mol. The molecule has 0 fully saturated rings. The van der Waals surface area contributed by atoms with Crippen molar-refractivity contribution in [2.75, 3.05) is 19.0 Å². The number of aryl methyl sites for hydroxylation is 1. The Bertz CT molecular complexity index is 768. The molecule has 0 bridgehead atoms. The lowest BCUT2D eigenvalue weighted by Crippen LogP contribution is -2.22. The van der Waals surface area contributed by atoms with Crippen LogP contribution in [-0.4, -0.2) is 31.6 Å². The maximum absolute atomic E-state index is 12.0. The van der Waals surface area contributed by atoms with Crippen LogP contribution in [0, 0.1) is 0 Å². The number of amides is 1. The molecule has 25 heavy (non-hydrogen) atoms. The molecule has 0 saturated carbocycles. The van der Waals surface area contributed by atoms with Crippen LogP contribution in [0.4, 0.5) is 5.69 Å². The number of esters is 2. The Balaban J connectivity index is 1.94. The average Bonchev–Trinajstić information content (AvgIpc) is 2.66. The van der Waals surface area contributed by atoms with Gasteiger partial charge in [-0.05, 0) is 36.2 Å². The molecule has 0 radical (unpaired) electrons. The fraction of sp³-hybridized carbons (Fsp3) is 0.211. The van der Waals surface area contributed by atoms with E-state index in [0.29, 0.717) is 11.3 Å². The van der Waals surface area contributed by atoms with E-state index in [1.807, 2.05) is 19.1 Å². The van der Waals surface area contributed by atoms with E-state index in [4.69, 9.17) is 4.74 Å². The Kier molecular flexibility index (Phi) is 6.28. The topological polar surface area (TPSA) is 81.7 Å². The largest absolute Gasteiger partial charge is 0.465 e. The summed E-state index contributed by atoms with van der Waals surface area (Å²) in [6.07, 6.45) is 0.872. The quantitative estimate of drug-likeness (QED) is 0.817. The summed E-state index contributed by atoms with van der Waals surface area (Å²) >= 11 is 0. The number of rotatable bonds is 6. The molecule has 0 heterocycles. The number of benzene rings is 2. The molecule has 0 unspecified atom stereocenters. The summed E-state index contributed by atoms with van der Waals surface area (Å²) in [6, 6.07) is 13.4. The van der Waals surface area contributed by atoms with Gasteiger partial charge in [0.05, 0.1) is 23.9 Å². The van der Waals surface area contributed by atoms with Gasteiger partial charge in [-0.1, -0.05) is 31.2 Å². The number of hydrogen-bond donors (Lipinski definition) is 1. The summed E-state index contributed by atoms with van der Waals surface area (Å²) in [7, 11) is 1.26. The third-order valence-electron chi connectivity index (χ3n) is 3.54. The van der Waals surface area contributed by atoms with Gasteiger partial charge >= 0.3 is 11.9 Å². The van der Waals surface area contributed by atoms with E-state index >= 15 is 0 Å². The van der Waals surface area contributed by atoms with Crippen LogP contribution in [0.5, 0.6) is 0 Å². The number of methoxy groups -OCH3 is 1. The lowest BCUT2D eigenvalue weighted by Gasteiger charge is -2.10. The van der Waals surface area contributed by atoms with Gasteiger partial charge in [0.1, 0.15) is 0 Å². The highest BCUT2D eigenvalue weighted by Gasteiger charge is 2.15. The van der Waals surface area contributed by atoms with E-state index in [9.17, 15) is 14.4 Å². The summed E-state index contributed by atoms with van der Waals surface area (Å²) in [4.78, 5) is 35.6. The molecule has 0 aromatic heterocycles. The highest BCUT2D eigenvalue weighted by atomic mass is 16.5. The zero-order chi connectivity index (χ0) is 18.2. The van der Waals surface area contributed by atoms with Crippen molar-refractivity contribution in [1.82, 2.24) is 0 Å². The molecule has 2 aromatic carbocycles. The monoisotopic (exact) mass is 341 g/mol. The van der Waals surface area contributed by atoms with E-state index in [-0.39, 0.29) is 5.56 Å². The lowest BCUT2D eigenvalue weighted by molar-refractivity contribution is -0.119. The van der Waals surface area contributed by atoms with Gasteiger partial charge < -0.3 is 14.8 Å². The molecule has 0 aliphatic heterocycles. The molecule has 2 rings (SSSR count). The molecular formula is C19H19NO5. The first-order valence-corrected chi connectivity index (χ1v) is 7.78. The minimum atomic E-state index is -0.584. The molecule has 0 aliphatic rings. The van der Waals surface area contributed by atoms with Crippen LogP contribution in [0.2, 0.25) is 0 Å². The fourth-order valence-electron chi connectivity index (χ4n) is 2.16. The van der Waals surface area contributed by atoms with Crippen LogP contribution >= 0.6 is 0 Å². The van der Waals surface area contributed by atoms with Crippen LogP contribution in [0.15, 0.2) is 48.5 Å². The molecule has 0 atom stereocenters. The number of carbonyl (C=O) groups excluding carboxylic acids is 3. The standard InChI is InChI=1S/C19H19NO5/c1-3-13-8-10-14(11-9-13)18(22)25-12-17(21)20-16-7-5-4-6-15(16)19(23)24-2/h4-11H,3,12H2,1-2H3,(H,20,21). The lowest BCUT2D eigenvalue weighted by atomic mass is 10.1. The van der Waals surface area contributed by atoms with Crippen molar-refractivity contribution in [3.05, 3.63) is 65.2 Å². The molecule has 6 nitrogen and oxygen atoms in total.